The molecule has 4 unspecified atom stereocenters. The molecule has 1 N–H and O–H groups in total. The summed E-state index contributed by atoms with van der Waals surface area (Å²) in [7, 11) is 4.31. The highest BCUT2D eigenvalue weighted by Gasteiger charge is 2.54. The molecular weight excluding hydrogens is 312 g/mol. The van der Waals surface area contributed by atoms with Gasteiger partial charge in [0.05, 0.1) is 19.9 Å². The van der Waals surface area contributed by atoms with E-state index in [2.05, 4.69) is 4.98 Å². The summed E-state index contributed by atoms with van der Waals surface area (Å²) in [6.07, 6.45) is -1.02. The van der Waals surface area contributed by atoms with Crippen LogP contribution < -0.4 is 16.0 Å². The quantitative estimate of drug-likeness (QED) is 0.717. The molecule has 0 aromatic carbocycles. The highest BCUT2D eigenvalue weighted by atomic mass is 16.9. The Hall–Kier alpha value is -1.72. The Labute approximate surface area is 130 Å². The third-order valence-corrected chi connectivity index (χ3v) is 3.77. The van der Waals surface area contributed by atoms with Crippen molar-refractivity contribution in [2.75, 3.05) is 27.9 Å². The number of nitrogens with one attached hydrogen (secondary N) is 1. The maximum absolute atomic E-state index is 12.1. The Bertz CT molecular complexity index is 671. The summed E-state index contributed by atoms with van der Waals surface area (Å²) in [6.45, 7) is -0.594. The van der Waals surface area contributed by atoms with E-state index in [1.807, 2.05) is 0 Å². The van der Waals surface area contributed by atoms with Gasteiger partial charge in [-0.05, 0) is 0 Å². The minimum Gasteiger partial charge on any atom is -0.490 e. The number of fused-ring (bicyclic) bond motifs is 1. The zero-order valence-corrected chi connectivity index (χ0v) is 12.9. The topological polar surface area (TPSA) is 110 Å². The Kier molecular flexibility index (Phi) is 4.50. The summed E-state index contributed by atoms with van der Waals surface area (Å²) in [5, 5.41) is 0. The summed E-state index contributed by atoms with van der Waals surface area (Å²) in [5.41, 5.74) is -1.25. The first-order chi connectivity index (χ1) is 11.1. The lowest BCUT2D eigenvalue weighted by Gasteiger charge is -2.20. The number of hydrogen-bond donors (Lipinski definition) is 1. The number of aromatic amines is 1. The number of nitrogens with zero attached hydrogens (tertiary/aromatic N) is 1. The van der Waals surface area contributed by atoms with E-state index in [0.717, 1.165) is 0 Å². The highest BCUT2D eigenvalue weighted by molar-refractivity contribution is 5.13. The van der Waals surface area contributed by atoms with Crippen LogP contribution in [-0.4, -0.2) is 62.3 Å². The van der Waals surface area contributed by atoms with Crippen molar-refractivity contribution >= 4 is 0 Å². The van der Waals surface area contributed by atoms with Gasteiger partial charge in [0.15, 0.2) is 6.23 Å². The van der Waals surface area contributed by atoms with Crippen LogP contribution in [0.3, 0.4) is 0 Å². The SMILES string of the molecule is COC[C@H]1OC(n2cc(OC)c(=O)[nH]c2=O)C2OC(OC)OC21. The van der Waals surface area contributed by atoms with Crippen molar-refractivity contribution in [1.29, 1.82) is 0 Å². The zero-order valence-electron chi connectivity index (χ0n) is 12.9. The predicted molar refractivity (Wildman–Crippen MR) is 74.2 cm³/mol. The van der Waals surface area contributed by atoms with Gasteiger partial charge in [0, 0.05) is 14.2 Å². The largest absolute Gasteiger partial charge is 0.490 e. The Morgan fingerprint density at radius 1 is 1.17 bits per heavy atom. The first kappa shape index (κ1) is 16.1. The van der Waals surface area contributed by atoms with Crippen LogP contribution >= 0.6 is 0 Å². The highest BCUT2D eigenvalue weighted by Crippen LogP contribution is 2.39. The average molecular weight is 330 g/mol. The van der Waals surface area contributed by atoms with Gasteiger partial charge in [0.2, 0.25) is 5.75 Å². The Balaban J connectivity index is 1.96. The number of aromatic nitrogens is 2. The molecule has 0 aliphatic carbocycles. The fourth-order valence-electron chi connectivity index (χ4n) is 2.74. The van der Waals surface area contributed by atoms with Gasteiger partial charge in [-0.2, -0.15) is 0 Å². The first-order valence-corrected chi connectivity index (χ1v) is 6.96. The molecule has 0 radical (unpaired) electrons. The Morgan fingerprint density at radius 2 is 1.91 bits per heavy atom. The van der Waals surface area contributed by atoms with E-state index >= 15 is 0 Å². The van der Waals surface area contributed by atoms with Crippen molar-refractivity contribution in [1.82, 2.24) is 9.55 Å². The molecule has 2 aliphatic rings. The summed E-state index contributed by atoms with van der Waals surface area (Å²) in [6, 6.07) is 0. The van der Waals surface area contributed by atoms with Gasteiger partial charge in [0.25, 0.3) is 12.0 Å². The van der Waals surface area contributed by atoms with E-state index in [4.69, 9.17) is 28.4 Å². The molecule has 0 spiro atoms. The summed E-state index contributed by atoms with van der Waals surface area (Å²) < 4.78 is 33.3. The zero-order chi connectivity index (χ0) is 16.6. The molecular formula is C13H18N2O8. The van der Waals surface area contributed by atoms with Gasteiger partial charge >= 0.3 is 5.69 Å². The number of methoxy groups -OCH3 is 3. The number of H-pyrrole nitrogens is 1. The number of ether oxygens (including phenoxy) is 6. The average Bonchev–Trinajstić information content (AvgIpc) is 3.08. The minimum absolute atomic E-state index is 0.0119. The molecule has 0 bridgehead atoms. The predicted octanol–water partition coefficient (Wildman–Crippen LogP) is -1.20. The van der Waals surface area contributed by atoms with Crippen LogP contribution in [0.15, 0.2) is 15.8 Å². The van der Waals surface area contributed by atoms with Crippen LogP contribution in [0.25, 0.3) is 0 Å². The molecule has 10 nitrogen and oxygen atoms in total. The molecule has 5 atom stereocenters. The molecule has 1 aromatic rings. The standard InChI is InChI=1S/C13H18N2O8/c1-18-5-7-8-9(23-13(20-3)22-8)11(21-7)15-4-6(19-2)10(16)14-12(15)17/h4,7-9,11,13H,5H2,1-3H3,(H,14,16,17)/t7-,8?,9?,11?,13?/m1/s1. The van der Waals surface area contributed by atoms with E-state index in [0.29, 0.717) is 0 Å². The molecule has 2 aliphatic heterocycles. The molecule has 0 saturated carbocycles. The number of hydrogen-bond acceptors (Lipinski definition) is 8. The molecule has 2 fully saturated rings. The van der Waals surface area contributed by atoms with Crippen LogP contribution in [0.4, 0.5) is 0 Å². The lowest BCUT2D eigenvalue weighted by molar-refractivity contribution is -0.257. The normalized spacial score (nSPS) is 32.9. The smallest absolute Gasteiger partial charge is 0.330 e. The van der Waals surface area contributed by atoms with Crippen molar-refractivity contribution < 1.29 is 28.4 Å². The lowest BCUT2D eigenvalue weighted by atomic mass is 10.1. The molecule has 2 saturated heterocycles. The van der Waals surface area contributed by atoms with Crippen LogP contribution in [0, 0.1) is 0 Å². The van der Waals surface area contributed by atoms with Crippen LogP contribution in [0.5, 0.6) is 5.75 Å². The molecule has 23 heavy (non-hydrogen) atoms. The molecule has 1 aromatic heterocycles. The van der Waals surface area contributed by atoms with Crippen molar-refractivity contribution in [3.05, 3.63) is 27.0 Å². The van der Waals surface area contributed by atoms with Gasteiger partial charge in [-0.1, -0.05) is 0 Å². The molecule has 128 valence electrons. The Morgan fingerprint density at radius 3 is 2.57 bits per heavy atom. The summed E-state index contributed by atoms with van der Waals surface area (Å²) >= 11 is 0. The summed E-state index contributed by atoms with van der Waals surface area (Å²) in [5.74, 6) is -0.0119. The number of rotatable bonds is 5. The van der Waals surface area contributed by atoms with Crippen molar-refractivity contribution in [3.63, 3.8) is 0 Å². The van der Waals surface area contributed by atoms with Crippen molar-refractivity contribution in [3.8, 4) is 5.75 Å². The third-order valence-electron chi connectivity index (χ3n) is 3.77. The van der Waals surface area contributed by atoms with E-state index < -0.39 is 42.3 Å². The molecule has 0 amide bonds. The van der Waals surface area contributed by atoms with Gasteiger partial charge in [0.1, 0.15) is 18.3 Å². The fourth-order valence-corrected chi connectivity index (χ4v) is 2.74. The third kappa shape index (κ3) is 2.79. The van der Waals surface area contributed by atoms with E-state index in [1.54, 1.807) is 0 Å². The maximum Gasteiger partial charge on any atom is 0.330 e. The second kappa shape index (κ2) is 6.42. The monoisotopic (exact) mass is 330 g/mol. The van der Waals surface area contributed by atoms with E-state index in [9.17, 15) is 9.59 Å². The van der Waals surface area contributed by atoms with Crippen LogP contribution in [0.2, 0.25) is 0 Å². The van der Waals surface area contributed by atoms with Crippen molar-refractivity contribution in [2.24, 2.45) is 0 Å². The second-order valence-corrected chi connectivity index (χ2v) is 5.11. The van der Waals surface area contributed by atoms with Gasteiger partial charge in [-0.25, -0.2) is 4.79 Å². The minimum atomic E-state index is -0.851. The van der Waals surface area contributed by atoms with Crippen LogP contribution in [-0.2, 0) is 23.7 Å². The molecule has 10 heteroatoms. The lowest BCUT2D eigenvalue weighted by Crippen LogP contribution is -2.37. The fraction of sp³-hybridized carbons (Fsp3) is 0.692. The van der Waals surface area contributed by atoms with Gasteiger partial charge < -0.3 is 28.4 Å². The molecule has 3 heterocycles. The summed E-state index contributed by atoms with van der Waals surface area (Å²) in [4.78, 5) is 25.9. The van der Waals surface area contributed by atoms with E-state index in [-0.39, 0.29) is 12.4 Å². The van der Waals surface area contributed by atoms with Gasteiger partial charge in [-0.3, -0.25) is 14.3 Å². The van der Waals surface area contributed by atoms with Crippen LogP contribution in [0.1, 0.15) is 6.23 Å². The van der Waals surface area contributed by atoms with E-state index in [1.165, 1.54) is 32.1 Å². The first-order valence-electron chi connectivity index (χ1n) is 6.96. The van der Waals surface area contributed by atoms with Crippen molar-refractivity contribution in [2.45, 2.75) is 31.0 Å². The molecule has 3 rings (SSSR count). The second-order valence-electron chi connectivity index (χ2n) is 5.11. The van der Waals surface area contributed by atoms with Gasteiger partial charge in [-0.15, -0.1) is 0 Å². The maximum atomic E-state index is 12.1.